The van der Waals surface area contributed by atoms with Crippen molar-refractivity contribution in [2.24, 2.45) is 5.41 Å². The number of nitrogens with one attached hydrogen (secondary N) is 1. The van der Waals surface area contributed by atoms with Crippen molar-refractivity contribution < 1.29 is 0 Å². The van der Waals surface area contributed by atoms with Crippen molar-refractivity contribution in [3.05, 3.63) is 0 Å². The number of nitrogens with zero attached hydrogens (tertiary/aromatic N) is 1. The Morgan fingerprint density at radius 2 is 1.94 bits per heavy atom. The molecule has 0 aromatic heterocycles. The van der Waals surface area contributed by atoms with E-state index in [9.17, 15) is 0 Å². The van der Waals surface area contributed by atoms with Crippen LogP contribution in [0.4, 0.5) is 0 Å². The zero-order valence-electron chi connectivity index (χ0n) is 10.9. The first-order valence-electron chi connectivity index (χ1n) is 7.28. The summed E-state index contributed by atoms with van der Waals surface area (Å²) in [5.74, 6) is 0. The van der Waals surface area contributed by atoms with Gasteiger partial charge < -0.3 is 10.2 Å². The Morgan fingerprint density at radius 1 is 1.19 bits per heavy atom. The van der Waals surface area contributed by atoms with Crippen LogP contribution in [0.1, 0.15) is 51.9 Å². The summed E-state index contributed by atoms with van der Waals surface area (Å²) in [5.41, 5.74) is 0.725. The molecular formula is C14H28N2. The monoisotopic (exact) mass is 224 g/mol. The molecule has 1 saturated carbocycles. The molecule has 0 unspecified atom stereocenters. The smallest absolute Gasteiger partial charge is 0.000782 e. The summed E-state index contributed by atoms with van der Waals surface area (Å²) in [6.07, 6.45) is 9.92. The maximum Gasteiger partial charge on any atom is 0.000782 e. The van der Waals surface area contributed by atoms with Crippen LogP contribution in [0.25, 0.3) is 0 Å². The van der Waals surface area contributed by atoms with Gasteiger partial charge in [0.15, 0.2) is 0 Å². The van der Waals surface area contributed by atoms with Crippen molar-refractivity contribution in [1.82, 2.24) is 10.2 Å². The van der Waals surface area contributed by atoms with Gasteiger partial charge in [0.2, 0.25) is 0 Å². The Morgan fingerprint density at radius 3 is 2.56 bits per heavy atom. The molecular weight excluding hydrogens is 196 g/mol. The molecule has 1 aliphatic carbocycles. The molecule has 0 aromatic rings. The SMILES string of the molecule is CCCC1(CNCCCN2CCCC2)CC1. The quantitative estimate of drug-likeness (QED) is 0.638. The highest BCUT2D eigenvalue weighted by Crippen LogP contribution is 2.48. The summed E-state index contributed by atoms with van der Waals surface area (Å²) < 4.78 is 0. The highest BCUT2D eigenvalue weighted by molar-refractivity contribution is 4.94. The van der Waals surface area contributed by atoms with Crippen molar-refractivity contribution in [2.45, 2.75) is 51.9 Å². The summed E-state index contributed by atoms with van der Waals surface area (Å²) in [7, 11) is 0. The third kappa shape index (κ3) is 3.74. The number of hydrogen-bond donors (Lipinski definition) is 1. The van der Waals surface area contributed by atoms with Crippen LogP contribution in [0.3, 0.4) is 0 Å². The zero-order chi connectivity index (χ0) is 11.3. The first-order valence-corrected chi connectivity index (χ1v) is 7.28. The second kappa shape index (κ2) is 6.02. The highest BCUT2D eigenvalue weighted by atomic mass is 15.1. The second-order valence-electron chi connectivity index (χ2n) is 5.83. The van der Waals surface area contributed by atoms with Crippen LogP contribution in [0, 0.1) is 5.41 Å². The van der Waals surface area contributed by atoms with E-state index < -0.39 is 0 Å². The van der Waals surface area contributed by atoms with E-state index in [0.717, 1.165) is 5.41 Å². The van der Waals surface area contributed by atoms with Gasteiger partial charge in [-0.25, -0.2) is 0 Å². The third-order valence-corrected chi connectivity index (χ3v) is 4.26. The van der Waals surface area contributed by atoms with Gasteiger partial charge in [-0.1, -0.05) is 13.3 Å². The molecule has 0 amide bonds. The van der Waals surface area contributed by atoms with Crippen molar-refractivity contribution in [3.8, 4) is 0 Å². The predicted molar refractivity (Wildman–Crippen MR) is 69.7 cm³/mol. The van der Waals surface area contributed by atoms with Crippen LogP contribution in [0.2, 0.25) is 0 Å². The Hall–Kier alpha value is -0.0800. The van der Waals surface area contributed by atoms with Crippen LogP contribution in [0.5, 0.6) is 0 Å². The summed E-state index contributed by atoms with van der Waals surface area (Å²) in [6.45, 7) is 8.82. The molecule has 2 aliphatic rings. The topological polar surface area (TPSA) is 15.3 Å². The minimum Gasteiger partial charge on any atom is -0.316 e. The molecule has 2 heteroatoms. The van der Waals surface area contributed by atoms with E-state index >= 15 is 0 Å². The Labute approximate surface area is 101 Å². The molecule has 2 nitrogen and oxygen atoms in total. The van der Waals surface area contributed by atoms with Crippen molar-refractivity contribution in [3.63, 3.8) is 0 Å². The van der Waals surface area contributed by atoms with E-state index in [-0.39, 0.29) is 0 Å². The van der Waals surface area contributed by atoms with Crippen molar-refractivity contribution in [1.29, 1.82) is 0 Å². The Kier molecular flexibility index (Phi) is 4.66. The minimum absolute atomic E-state index is 0.725. The molecule has 2 rings (SSSR count). The first-order chi connectivity index (χ1) is 7.85. The lowest BCUT2D eigenvalue weighted by Gasteiger charge is -2.17. The molecule has 1 N–H and O–H groups in total. The third-order valence-electron chi connectivity index (χ3n) is 4.26. The maximum absolute atomic E-state index is 3.67. The number of hydrogen-bond acceptors (Lipinski definition) is 2. The van der Waals surface area contributed by atoms with E-state index in [0.29, 0.717) is 0 Å². The number of likely N-dealkylation sites (tertiary alicyclic amines) is 1. The van der Waals surface area contributed by atoms with Gasteiger partial charge in [-0.2, -0.15) is 0 Å². The molecule has 1 heterocycles. The number of rotatable bonds is 8. The largest absolute Gasteiger partial charge is 0.316 e. The molecule has 0 bridgehead atoms. The van der Waals surface area contributed by atoms with Gasteiger partial charge in [0, 0.05) is 6.54 Å². The molecule has 0 radical (unpaired) electrons. The summed E-state index contributed by atoms with van der Waals surface area (Å²) in [4.78, 5) is 2.61. The van der Waals surface area contributed by atoms with Gasteiger partial charge in [-0.05, 0) is 70.1 Å². The van der Waals surface area contributed by atoms with Crippen LogP contribution in [-0.4, -0.2) is 37.6 Å². The van der Waals surface area contributed by atoms with Gasteiger partial charge in [0.1, 0.15) is 0 Å². The molecule has 0 atom stereocenters. The standard InChI is InChI=1S/C14H28N2/c1-2-6-14(7-8-14)13-15-9-5-12-16-10-3-4-11-16/h15H,2-13H2,1H3. The fourth-order valence-electron chi connectivity index (χ4n) is 3.01. The lowest BCUT2D eigenvalue weighted by atomic mass is 10.0. The fourth-order valence-corrected chi connectivity index (χ4v) is 3.01. The molecule has 0 aromatic carbocycles. The van der Waals surface area contributed by atoms with Gasteiger partial charge in [0.05, 0.1) is 0 Å². The maximum atomic E-state index is 3.67. The summed E-state index contributed by atoms with van der Waals surface area (Å²) >= 11 is 0. The molecule has 2 fully saturated rings. The van der Waals surface area contributed by atoms with Gasteiger partial charge >= 0.3 is 0 Å². The molecule has 94 valence electrons. The highest BCUT2D eigenvalue weighted by Gasteiger charge is 2.40. The van der Waals surface area contributed by atoms with E-state index in [4.69, 9.17) is 0 Å². The summed E-state index contributed by atoms with van der Waals surface area (Å²) in [6, 6.07) is 0. The lowest BCUT2D eigenvalue weighted by molar-refractivity contribution is 0.326. The summed E-state index contributed by atoms with van der Waals surface area (Å²) in [5, 5.41) is 3.67. The van der Waals surface area contributed by atoms with E-state index in [1.54, 1.807) is 0 Å². The Balaban J connectivity index is 1.45. The fraction of sp³-hybridized carbons (Fsp3) is 1.00. The lowest BCUT2D eigenvalue weighted by Crippen LogP contribution is -2.28. The van der Waals surface area contributed by atoms with Gasteiger partial charge in [-0.15, -0.1) is 0 Å². The average molecular weight is 224 g/mol. The van der Waals surface area contributed by atoms with E-state index in [2.05, 4.69) is 17.1 Å². The van der Waals surface area contributed by atoms with E-state index in [1.807, 2.05) is 0 Å². The minimum atomic E-state index is 0.725. The first kappa shape index (κ1) is 12.4. The normalized spacial score (nSPS) is 23.8. The second-order valence-corrected chi connectivity index (χ2v) is 5.83. The molecule has 1 aliphatic heterocycles. The average Bonchev–Trinajstić information content (AvgIpc) is 2.85. The Bertz CT molecular complexity index is 193. The predicted octanol–water partition coefficient (Wildman–Crippen LogP) is 2.64. The molecule has 1 saturated heterocycles. The van der Waals surface area contributed by atoms with Crippen LogP contribution < -0.4 is 5.32 Å². The van der Waals surface area contributed by atoms with Crippen LogP contribution in [0.15, 0.2) is 0 Å². The van der Waals surface area contributed by atoms with Crippen molar-refractivity contribution in [2.75, 3.05) is 32.7 Å². The van der Waals surface area contributed by atoms with Crippen LogP contribution in [-0.2, 0) is 0 Å². The molecule has 0 spiro atoms. The van der Waals surface area contributed by atoms with Gasteiger partial charge in [-0.3, -0.25) is 0 Å². The van der Waals surface area contributed by atoms with E-state index in [1.165, 1.54) is 77.7 Å². The van der Waals surface area contributed by atoms with Crippen molar-refractivity contribution >= 4 is 0 Å². The van der Waals surface area contributed by atoms with Crippen LogP contribution >= 0.6 is 0 Å². The van der Waals surface area contributed by atoms with Gasteiger partial charge in [0.25, 0.3) is 0 Å². The molecule has 16 heavy (non-hydrogen) atoms. The zero-order valence-corrected chi connectivity index (χ0v) is 10.9.